The van der Waals surface area contributed by atoms with Gasteiger partial charge in [0.2, 0.25) is 0 Å². The predicted octanol–water partition coefficient (Wildman–Crippen LogP) is 3.53. The van der Waals surface area contributed by atoms with Crippen LogP contribution >= 0.6 is 11.3 Å². The van der Waals surface area contributed by atoms with Crippen molar-refractivity contribution in [2.75, 3.05) is 0 Å². The quantitative estimate of drug-likeness (QED) is 0.893. The molecule has 4 heteroatoms. The van der Waals surface area contributed by atoms with Crippen molar-refractivity contribution in [2.24, 2.45) is 0 Å². The van der Waals surface area contributed by atoms with Crippen LogP contribution in [0, 0.1) is 0 Å². The Morgan fingerprint density at radius 3 is 2.89 bits per heavy atom. The van der Waals surface area contributed by atoms with E-state index in [1.54, 1.807) is 12.5 Å². The van der Waals surface area contributed by atoms with E-state index in [0.29, 0.717) is 0 Å². The zero-order valence-corrected chi connectivity index (χ0v) is 11.0. The molecule has 18 heavy (non-hydrogen) atoms. The van der Waals surface area contributed by atoms with Crippen molar-refractivity contribution in [2.45, 2.75) is 44.2 Å². The Hall–Kier alpha value is -1.13. The SMILES string of the molecule is c1cc(-c2nc(C3CC3)c(CNC3CC3)s2)co1. The van der Waals surface area contributed by atoms with Crippen LogP contribution in [0.5, 0.6) is 0 Å². The van der Waals surface area contributed by atoms with Crippen LogP contribution in [0.3, 0.4) is 0 Å². The average Bonchev–Trinajstić information content (AvgIpc) is 3.30. The zero-order chi connectivity index (χ0) is 11.9. The molecule has 2 fully saturated rings. The van der Waals surface area contributed by atoms with E-state index in [1.165, 1.54) is 36.3 Å². The van der Waals surface area contributed by atoms with Gasteiger partial charge in [-0.3, -0.25) is 0 Å². The fraction of sp³-hybridized carbons (Fsp3) is 0.500. The van der Waals surface area contributed by atoms with E-state index in [0.717, 1.165) is 29.1 Å². The Morgan fingerprint density at radius 1 is 1.33 bits per heavy atom. The Labute approximate surface area is 110 Å². The van der Waals surface area contributed by atoms with E-state index in [1.807, 2.05) is 17.4 Å². The first-order valence-electron chi connectivity index (χ1n) is 6.66. The summed E-state index contributed by atoms with van der Waals surface area (Å²) < 4.78 is 5.15. The van der Waals surface area contributed by atoms with Crippen LogP contribution in [0.15, 0.2) is 23.0 Å². The summed E-state index contributed by atoms with van der Waals surface area (Å²) in [5, 5.41) is 4.71. The molecule has 0 aromatic carbocycles. The van der Waals surface area contributed by atoms with E-state index in [4.69, 9.17) is 9.40 Å². The van der Waals surface area contributed by atoms with Crippen molar-refractivity contribution in [1.82, 2.24) is 10.3 Å². The molecular formula is C14H16N2OS. The van der Waals surface area contributed by atoms with E-state index in [-0.39, 0.29) is 0 Å². The number of nitrogens with zero attached hydrogens (tertiary/aromatic N) is 1. The van der Waals surface area contributed by atoms with Crippen molar-refractivity contribution < 1.29 is 4.42 Å². The molecule has 4 rings (SSSR count). The summed E-state index contributed by atoms with van der Waals surface area (Å²) in [5.41, 5.74) is 2.45. The Morgan fingerprint density at radius 2 is 2.22 bits per heavy atom. The Kier molecular flexibility index (Phi) is 2.52. The van der Waals surface area contributed by atoms with Crippen LogP contribution in [0.25, 0.3) is 10.6 Å². The highest BCUT2D eigenvalue weighted by atomic mass is 32.1. The summed E-state index contributed by atoms with van der Waals surface area (Å²) in [6, 6.07) is 2.75. The molecule has 2 aliphatic carbocycles. The standard InChI is InChI=1S/C14H16N2OS/c1-2-9(1)13-12(7-15-11-3-4-11)18-14(16-13)10-5-6-17-8-10/h5-6,8-9,11,15H,1-4,7H2. The molecule has 0 bridgehead atoms. The van der Waals surface area contributed by atoms with Gasteiger partial charge in [0.05, 0.1) is 12.0 Å². The van der Waals surface area contributed by atoms with Gasteiger partial charge in [-0.05, 0) is 31.7 Å². The second-order valence-electron chi connectivity index (χ2n) is 5.27. The molecule has 3 nitrogen and oxygen atoms in total. The zero-order valence-electron chi connectivity index (χ0n) is 10.2. The summed E-state index contributed by atoms with van der Waals surface area (Å²) in [6.07, 6.45) is 8.80. The number of hydrogen-bond acceptors (Lipinski definition) is 4. The summed E-state index contributed by atoms with van der Waals surface area (Å²) >= 11 is 1.82. The van der Waals surface area contributed by atoms with E-state index >= 15 is 0 Å². The maximum atomic E-state index is 5.15. The molecule has 2 aliphatic rings. The van der Waals surface area contributed by atoms with Crippen molar-refractivity contribution in [3.05, 3.63) is 29.2 Å². The molecule has 2 aromatic heterocycles. The fourth-order valence-corrected chi connectivity index (χ4v) is 3.28. The first-order chi connectivity index (χ1) is 8.90. The number of nitrogens with one attached hydrogen (secondary N) is 1. The van der Waals surface area contributed by atoms with Crippen LogP contribution in [0.4, 0.5) is 0 Å². The molecule has 0 amide bonds. The highest BCUT2D eigenvalue weighted by Gasteiger charge is 2.30. The van der Waals surface area contributed by atoms with E-state index in [2.05, 4.69) is 5.32 Å². The second-order valence-corrected chi connectivity index (χ2v) is 6.35. The lowest BCUT2D eigenvalue weighted by Gasteiger charge is -2.01. The summed E-state index contributed by atoms with van der Waals surface area (Å²) in [4.78, 5) is 6.26. The first-order valence-corrected chi connectivity index (χ1v) is 7.47. The maximum Gasteiger partial charge on any atom is 0.127 e. The fourth-order valence-electron chi connectivity index (χ4n) is 2.20. The minimum absolute atomic E-state index is 0.720. The first kappa shape index (κ1) is 10.8. The van der Waals surface area contributed by atoms with Gasteiger partial charge < -0.3 is 9.73 Å². The molecule has 2 heterocycles. The largest absolute Gasteiger partial charge is 0.472 e. The summed E-state index contributed by atoms with van der Waals surface area (Å²) in [5.74, 6) is 0.720. The minimum Gasteiger partial charge on any atom is -0.472 e. The predicted molar refractivity (Wildman–Crippen MR) is 71.7 cm³/mol. The molecule has 94 valence electrons. The Bertz CT molecular complexity index is 538. The van der Waals surface area contributed by atoms with E-state index in [9.17, 15) is 0 Å². The smallest absolute Gasteiger partial charge is 0.127 e. The van der Waals surface area contributed by atoms with Crippen LogP contribution < -0.4 is 5.32 Å². The molecule has 2 saturated carbocycles. The number of thiazole rings is 1. The Balaban J connectivity index is 1.61. The minimum atomic E-state index is 0.720. The molecule has 0 saturated heterocycles. The van der Waals surface area contributed by atoms with Crippen molar-refractivity contribution in [1.29, 1.82) is 0 Å². The van der Waals surface area contributed by atoms with Crippen LogP contribution in [-0.4, -0.2) is 11.0 Å². The van der Waals surface area contributed by atoms with Gasteiger partial charge in [-0.1, -0.05) is 0 Å². The maximum absolute atomic E-state index is 5.15. The molecule has 0 unspecified atom stereocenters. The summed E-state index contributed by atoms with van der Waals surface area (Å²) in [6.45, 7) is 0.992. The number of aromatic nitrogens is 1. The topological polar surface area (TPSA) is 38.1 Å². The molecule has 0 atom stereocenters. The van der Waals surface area contributed by atoms with Gasteiger partial charge in [-0.25, -0.2) is 4.98 Å². The lowest BCUT2D eigenvalue weighted by atomic mass is 10.2. The number of hydrogen-bond donors (Lipinski definition) is 1. The van der Waals surface area contributed by atoms with Crippen LogP contribution in [-0.2, 0) is 6.54 Å². The third kappa shape index (κ3) is 2.10. The third-order valence-electron chi connectivity index (χ3n) is 3.59. The van der Waals surface area contributed by atoms with Crippen LogP contribution in [0.1, 0.15) is 42.2 Å². The number of rotatable bonds is 5. The second kappa shape index (κ2) is 4.21. The molecule has 0 spiro atoms. The normalized spacial score (nSPS) is 19.3. The summed E-state index contributed by atoms with van der Waals surface area (Å²) in [7, 11) is 0. The molecular weight excluding hydrogens is 244 g/mol. The monoisotopic (exact) mass is 260 g/mol. The molecule has 2 aromatic rings. The molecule has 1 N–H and O–H groups in total. The van der Waals surface area contributed by atoms with Gasteiger partial charge in [0.25, 0.3) is 0 Å². The van der Waals surface area contributed by atoms with Gasteiger partial charge in [-0.2, -0.15) is 0 Å². The lowest BCUT2D eigenvalue weighted by molar-refractivity contribution is 0.568. The van der Waals surface area contributed by atoms with Gasteiger partial charge in [0, 0.05) is 28.9 Å². The molecule has 0 radical (unpaired) electrons. The van der Waals surface area contributed by atoms with Gasteiger partial charge in [0.15, 0.2) is 0 Å². The van der Waals surface area contributed by atoms with Gasteiger partial charge in [0.1, 0.15) is 11.3 Å². The van der Waals surface area contributed by atoms with Gasteiger partial charge in [-0.15, -0.1) is 11.3 Å². The van der Waals surface area contributed by atoms with Crippen LogP contribution in [0.2, 0.25) is 0 Å². The third-order valence-corrected chi connectivity index (χ3v) is 4.71. The van der Waals surface area contributed by atoms with Gasteiger partial charge >= 0.3 is 0 Å². The molecule has 0 aliphatic heterocycles. The van der Waals surface area contributed by atoms with Crippen molar-refractivity contribution in [3.8, 4) is 10.6 Å². The highest BCUT2D eigenvalue weighted by molar-refractivity contribution is 7.15. The average molecular weight is 260 g/mol. The van der Waals surface area contributed by atoms with E-state index < -0.39 is 0 Å². The lowest BCUT2D eigenvalue weighted by Crippen LogP contribution is -2.15. The van der Waals surface area contributed by atoms with Crippen molar-refractivity contribution in [3.63, 3.8) is 0 Å². The highest BCUT2D eigenvalue weighted by Crippen LogP contribution is 2.44. The number of furan rings is 1. The van der Waals surface area contributed by atoms with Crippen molar-refractivity contribution >= 4 is 11.3 Å².